The lowest BCUT2D eigenvalue weighted by Gasteiger charge is -2.38. The Hall–Kier alpha value is -2.70. The number of aryl methyl sites for hydroxylation is 1. The highest BCUT2D eigenvalue weighted by Gasteiger charge is 2.25. The van der Waals surface area contributed by atoms with E-state index in [4.69, 9.17) is 0 Å². The third-order valence-corrected chi connectivity index (χ3v) is 6.58. The molecule has 2 aromatic rings. The smallest absolute Gasteiger partial charge is 0.236 e. The van der Waals surface area contributed by atoms with E-state index in [1.54, 1.807) is 6.92 Å². The molecule has 1 amide bonds. The Morgan fingerprint density at radius 2 is 1.47 bits per heavy atom. The fourth-order valence-electron chi connectivity index (χ4n) is 4.59. The number of carbonyl (C=O) groups excluding carboxylic acids is 2. The minimum atomic E-state index is 0.0934. The van der Waals surface area contributed by atoms with Crippen LogP contribution >= 0.6 is 0 Å². The molecular weight excluding hydrogens is 400 g/mol. The van der Waals surface area contributed by atoms with Gasteiger partial charge >= 0.3 is 0 Å². The van der Waals surface area contributed by atoms with Crippen LogP contribution in [0.25, 0.3) is 0 Å². The van der Waals surface area contributed by atoms with E-state index in [0.717, 1.165) is 70.2 Å². The Bertz CT molecular complexity index is 927. The summed E-state index contributed by atoms with van der Waals surface area (Å²) in [6, 6.07) is 16.5. The molecular formula is C26H34N4O2. The highest BCUT2D eigenvalue weighted by Crippen LogP contribution is 2.18. The maximum absolute atomic E-state index is 12.8. The Morgan fingerprint density at radius 1 is 0.812 bits per heavy atom. The largest absolute Gasteiger partial charge is 0.369 e. The van der Waals surface area contributed by atoms with Crippen LogP contribution < -0.4 is 4.90 Å². The van der Waals surface area contributed by atoms with E-state index in [1.165, 1.54) is 11.1 Å². The van der Waals surface area contributed by atoms with Crippen molar-refractivity contribution in [2.75, 3.05) is 63.8 Å². The monoisotopic (exact) mass is 434 g/mol. The molecule has 6 heteroatoms. The van der Waals surface area contributed by atoms with Gasteiger partial charge in [0.1, 0.15) is 0 Å². The van der Waals surface area contributed by atoms with Crippen LogP contribution in [0.5, 0.6) is 0 Å². The maximum atomic E-state index is 12.8. The number of nitrogens with zero attached hydrogens (tertiary/aromatic N) is 4. The van der Waals surface area contributed by atoms with Crippen LogP contribution in [0.1, 0.15) is 28.4 Å². The zero-order valence-corrected chi connectivity index (χ0v) is 19.3. The molecule has 2 aromatic carbocycles. The molecule has 170 valence electrons. The van der Waals surface area contributed by atoms with Gasteiger partial charge in [0.05, 0.1) is 6.54 Å². The molecule has 0 saturated carbocycles. The fraction of sp³-hybridized carbons (Fsp3) is 0.462. The standard InChI is InChI=1S/C26H34N4O2/c1-21-4-3-5-23(18-21)19-27-12-16-30(17-13-27)26(32)20-28-10-14-29(15-11-28)25-8-6-24(7-9-25)22(2)31/h3-9,18H,10-17,19-20H2,1-2H3. The average Bonchev–Trinajstić information content (AvgIpc) is 2.80. The summed E-state index contributed by atoms with van der Waals surface area (Å²) in [6.45, 7) is 12.2. The van der Waals surface area contributed by atoms with Gasteiger partial charge in [-0.1, -0.05) is 29.8 Å². The topological polar surface area (TPSA) is 47.1 Å². The first-order valence-corrected chi connectivity index (χ1v) is 11.6. The molecule has 0 aliphatic carbocycles. The summed E-state index contributed by atoms with van der Waals surface area (Å²) in [4.78, 5) is 33.4. The first-order valence-electron chi connectivity index (χ1n) is 11.6. The third-order valence-electron chi connectivity index (χ3n) is 6.58. The summed E-state index contributed by atoms with van der Waals surface area (Å²) in [5.41, 5.74) is 4.53. The quantitative estimate of drug-likeness (QED) is 0.655. The van der Waals surface area contributed by atoms with E-state index in [0.29, 0.717) is 6.54 Å². The van der Waals surface area contributed by atoms with Gasteiger partial charge in [0, 0.05) is 70.2 Å². The number of hydrogen-bond donors (Lipinski definition) is 0. The van der Waals surface area contributed by atoms with E-state index >= 15 is 0 Å². The number of hydrogen-bond acceptors (Lipinski definition) is 5. The van der Waals surface area contributed by atoms with E-state index < -0.39 is 0 Å². The molecule has 2 saturated heterocycles. The van der Waals surface area contributed by atoms with E-state index in [1.807, 2.05) is 29.2 Å². The summed E-state index contributed by atoms with van der Waals surface area (Å²) in [7, 11) is 0. The Balaban J connectivity index is 1.19. The van der Waals surface area contributed by atoms with Crippen LogP contribution in [0.15, 0.2) is 48.5 Å². The number of benzene rings is 2. The molecule has 0 radical (unpaired) electrons. The highest BCUT2D eigenvalue weighted by molar-refractivity contribution is 5.94. The molecule has 2 heterocycles. The molecule has 2 fully saturated rings. The highest BCUT2D eigenvalue weighted by atomic mass is 16.2. The van der Waals surface area contributed by atoms with Gasteiger partial charge in [-0.15, -0.1) is 0 Å². The molecule has 0 bridgehead atoms. The Labute approximate surface area is 191 Å². The second-order valence-corrected chi connectivity index (χ2v) is 9.01. The van der Waals surface area contributed by atoms with Crippen LogP contribution in [0, 0.1) is 6.92 Å². The molecule has 2 aliphatic heterocycles. The van der Waals surface area contributed by atoms with Crippen LogP contribution in [0.4, 0.5) is 5.69 Å². The van der Waals surface area contributed by atoms with Gasteiger partial charge < -0.3 is 9.80 Å². The number of Topliss-reactive ketones (excluding diaryl/α,β-unsaturated/α-hetero) is 1. The predicted octanol–water partition coefficient (Wildman–Crippen LogP) is 2.66. The van der Waals surface area contributed by atoms with Crippen molar-refractivity contribution in [1.29, 1.82) is 0 Å². The van der Waals surface area contributed by atoms with Crippen LogP contribution in [0.2, 0.25) is 0 Å². The molecule has 2 aliphatic rings. The van der Waals surface area contributed by atoms with Crippen molar-refractivity contribution in [1.82, 2.24) is 14.7 Å². The lowest BCUT2D eigenvalue weighted by molar-refractivity contribution is -0.134. The van der Waals surface area contributed by atoms with Gasteiger partial charge in [-0.05, 0) is 43.7 Å². The molecule has 0 spiro atoms. The summed E-state index contributed by atoms with van der Waals surface area (Å²) in [5, 5.41) is 0. The summed E-state index contributed by atoms with van der Waals surface area (Å²) in [5.74, 6) is 0.343. The predicted molar refractivity (Wildman–Crippen MR) is 128 cm³/mol. The normalized spacial score (nSPS) is 18.1. The SMILES string of the molecule is CC(=O)c1ccc(N2CCN(CC(=O)N3CCN(Cc4cccc(C)c4)CC3)CC2)cc1. The van der Waals surface area contributed by atoms with Crippen molar-refractivity contribution in [3.63, 3.8) is 0 Å². The van der Waals surface area contributed by atoms with Gasteiger partial charge in [0.2, 0.25) is 5.91 Å². The van der Waals surface area contributed by atoms with Gasteiger partial charge in [-0.2, -0.15) is 0 Å². The average molecular weight is 435 g/mol. The first-order chi connectivity index (χ1) is 15.5. The van der Waals surface area contributed by atoms with Crippen LogP contribution in [-0.2, 0) is 11.3 Å². The molecule has 0 aromatic heterocycles. The lowest BCUT2D eigenvalue weighted by Crippen LogP contribution is -2.53. The minimum Gasteiger partial charge on any atom is -0.369 e. The number of rotatable bonds is 6. The van der Waals surface area contributed by atoms with Gasteiger partial charge in [0.25, 0.3) is 0 Å². The zero-order chi connectivity index (χ0) is 22.5. The molecule has 0 N–H and O–H groups in total. The third kappa shape index (κ3) is 5.75. The molecule has 32 heavy (non-hydrogen) atoms. The van der Waals surface area contributed by atoms with Crippen molar-refractivity contribution in [3.05, 3.63) is 65.2 Å². The summed E-state index contributed by atoms with van der Waals surface area (Å²) in [6.07, 6.45) is 0. The molecule has 0 unspecified atom stereocenters. The summed E-state index contributed by atoms with van der Waals surface area (Å²) < 4.78 is 0. The Morgan fingerprint density at radius 3 is 2.09 bits per heavy atom. The van der Waals surface area contributed by atoms with Crippen molar-refractivity contribution in [3.8, 4) is 0 Å². The molecule has 6 nitrogen and oxygen atoms in total. The molecule has 0 atom stereocenters. The second kappa shape index (κ2) is 10.3. The number of ketones is 1. The minimum absolute atomic E-state index is 0.0934. The van der Waals surface area contributed by atoms with E-state index in [-0.39, 0.29) is 11.7 Å². The number of piperazine rings is 2. The maximum Gasteiger partial charge on any atom is 0.236 e. The van der Waals surface area contributed by atoms with Gasteiger partial charge in [0.15, 0.2) is 5.78 Å². The number of carbonyl (C=O) groups is 2. The number of amides is 1. The lowest BCUT2D eigenvalue weighted by atomic mass is 10.1. The van der Waals surface area contributed by atoms with Crippen molar-refractivity contribution in [2.45, 2.75) is 20.4 Å². The van der Waals surface area contributed by atoms with Gasteiger partial charge in [-0.25, -0.2) is 0 Å². The van der Waals surface area contributed by atoms with Gasteiger partial charge in [-0.3, -0.25) is 19.4 Å². The van der Waals surface area contributed by atoms with E-state index in [2.05, 4.69) is 45.9 Å². The van der Waals surface area contributed by atoms with Crippen LogP contribution in [0.3, 0.4) is 0 Å². The summed E-state index contributed by atoms with van der Waals surface area (Å²) >= 11 is 0. The number of anilines is 1. The molecule has 4 rings (SSSR count). The van der Waals surface area contributed by atoms with Crippen molar-refractivity contribution < 1.29 is 9.59 Å². The zero-order valence-electron chi connectivity index (χ0n) is 19.3. The van der Waals surface area contributed by atoms with Crippen LogP contribution in [-0.4, -0.2) is 85.3 Å². The fourth-order valence-corrected chi connectivity index (χ4v) is 4.59. The van der Waals surface area contributed by atoms with E-state index in [9.17, 15) is 9.59 Å². The van der Waals surface area contributed by atoms with Crippen molar-refractivity contribution >= 4 is 17.4 Å². The Kier molecular flexibility index (Phi) is 7.22. The van der Waals surface area contributed by atoms with Crippen molar-refractivity contribution in [2.24, 2.45) is 0 Å². The first kappa shape index (κ1) is 22.5. The second-order valence-electron chi connectivity index (χ2n) is 9.01.